The monoisotopic (exact) mass is 508 g/mol. The molecule has 1 aliphatic carbocycles. The molecule has 0 radical (unpaired) electrons. The topological polar surface area (TPSA) is 91.8 Å². The summed E-state index contributed by atoms with van der Waals surface area (Å²) in [6.07, 6.45) is 8.66. The van der Waals surface area contributed by atoms with Crippen LogP contribution in [0, 0.1) is 0 Å². The summed E-state index contributed by atoms with van der Waals surface area (Å²) in [7, 11) is 0. The standard InChI is InChI=1S/C27H29ClN4O4/c28-21-12-29-10-9-19(21)17-13-31(14-17)22-3-1-2-4-24(22)36-18-5-6-20-16(11-18)15-32(27(20)35)23-7-8-25(33)30-26(23)34/h5-6,9-12,17,22-24H,1-4,7-8,13-15H2,(H,30,33,34). The Kier molecular flexibility index (Phi) is 6.17. The number of aromatic nitrogens is 1. The molecular formula is C27H29ClN4O4. The van der Waals surface area contributed by atoms with Crippen molar-refractivity contribution in [1.82, 2.24) is 20.1 Å². The molecule has 0 bridgehead atoms. The molecule has 3 unspecified atom stereocenters. The lowest BCUT2D eigenvalue weighted by Crippen LogP contribution is -2.57. The largest absolute Gasteiger partial charge is 0.489 e. The molecule has 6 rings (SSSR count). The Hall–Kier alpha value is -2.97. The summed E-state index contributed by atoms with van der Waals surface area (Å²) in [5.74, 6) is 0.346. The molecule has 9 heteroatoms. The average Bonchev–Trinajstić information content (AvgIpc) is 3.16. The van der Waals surface area contributed by atoms with Gasteiger partial charge in [-0.3, -0.25) is 29.6 Å². The number of carbonyl (C=O) groups excluding carboxylic acids is 3. The zero-order chi connectivity index (χ0) is 24.8. The van der Waals surface area contributed by atoms with Crippen molar-refractivity contribution in [2.24, 2.45) is 0 Å². The number of halogens is 1. The van der Waals surface area contributed by atoms with Crippen LogP contribution in [0.25, 0.3) is 0 Å². The van der Waals surface area contributed by atoms with Gasteiger partial charge in [0.2, 0.25) is 11.8 Å². The molecule has 188 valence electrons. The molecule has 1 N–H and O–H groups in total. The summed E-state index contributed by atoms with van der Waals surface area (Å²) in [5, 5.41) is 3.08. The van der Waals surface area contributed by atoms with Gasteiger partial charge in [-0.2, -0.15) is 0 Å². The van der Waals surface area contributed by atoms with Gasteiger partial charge in [0, 0.05) is 56.0 Å². The van der Waals surface area contributed by atoms with Gasteiger partial charge in [0.25, 0.3) is 5.91 Å². The predicted molar refractivity (Wildman–Crippen MR) is 133 cm³/mol. The number of piperidine rings is 1. The highest BCUT2D eigenvalue weighted by Gasteiger charge is 2.41. The normalized spacial score (nSPS) is 27.0. The second kappa shape index (κ2) is 9.48. The van der Waals surface area contributed by atoms with Crippen LogP contribution in [0.1, 0.15) is 65.9 Å². The van der Waals surface area contributed by atoms with E-state index in [1.807, 2.05) is 24.3 Å². The zero-order valence-electron chi connectivity index (χ0n) is 20.0. The smallest absolute Gasteiger partial charge is 0.255 e. The van der Waals surface area contributed by atoms with Crippen LogP contribution in [0.3, 0.4) is 0 Å². The predicted octanol–water partition coefficient (Wildman–Crippen LogP) is 3.29. The summed E-state index contributed by atoms with van der Waals surface area (Å²) < 4.78 is 6.53. The SMILES string of the molecule is O=C1CCC(N2Cc3cc(OC4CCCCC4N4CC(c5ccncc5Cl)C4)ccc3C2=O)C(=O)N1. The number of ether oxygens (including phenoxy) is 1. The molecule has 3 amide bonds. The van der Waals surface area contributed by atoms with Gasteiger partial charge in [-0.25, -0.2) is 0 Å². The van der Waals surface area contributed by atoms with E-state index in [0.717, 1.165) is 48.7 Å². The minimum absolute atomic E-state index is 0.0917. The van der Waals surface area contributed by atoms with Crippen molar-refractivity contribution in [1.29, 1.82) is 0 Å². The van der Waals surface area contributed by atoms with Gasteiger partial charge < -0.3 is 9.64 Å². The number of imide groups is 1. The maximum atomic E-state index is 13.0. The molecule has 3 atom stereocenters. The highest BCUT2D eigenvalue weighted by Crippen LogP contribution is 2.38. The van der Waals surface area contributed by atoms with Crippen LogP contribution in [0.4, 0.5) is 0 Å². The molecule has 2 aromatic rings. The Morgan fingerprint density at radius 1 is 1.06 bits per heavy atom. The number of benzene rings is 1. The second-order valence-electron chi connectivity index (χ2n) is 10.3. The third kappa shape index (κ3) is 4.26. The third-order valence-electron chi connectivity index (χ3n) is 8.07. The fraction of sp³-hybridized carbons (Fsp3) is 0.481. The number of nitrogens with zero attached hydrogens (tertiary/aromatic N) is 3. The Labute approximate surface area is 214 Å². The number of carbonyl (C=O) groups is 3. The fourth-order valence-corrected chi connectivity index (χ4v) is 6.40. The van der Waals surface area contributed by atoms with Gasteiger partial charge in [-0.05, 0) is 61.1 Å². The number of rotatable bonds is 5. The minimum Gasteiger partial charge on any atom is -0.489 e. The van der Waals surface area contributed by atoms with Crippen LogP contribution in [0.2, 0.25) is 5.02 Å². The van der Waals surface area contributed by atoms with Crippen molar-refractivity contribution in [2.45, 2.75) is 69.2 Å². The fourth-order valence-electron chi connectivity index (χ4n) is 6.13. The van der Waals surface area contributed by atoms with Crippen molar-refractivity contribution < 1.29 is 19.1 Å². The summed E-state index contributed by atoms with van der Waals surface area (Å²) in [6, 6.07) is 7.38. The van der Waals surface area contributed by atoms with Crippen LogP contribution in [0.5, 0.6) is 5.75 Å². The molecule has 1 aromatic heterocycles. The molecule has 1 saturated carbocycles. The molecule has 0 spiro atoms. The van der Waals surface area contributed by atoms with Gasteiger partial charge in [-0.15, -0.1) is 0 Å². The van der Waals surface area contributed by atoms with Crippen LogP contribution in [-0.2, 0) is 16.1 Å². The first-order valence-electron chi connectivity index (χ1n) is 12.8. The highest BCUT2D eigenvalue weighted by molar-refractivity contribution is 6.31. The maximum Gasteiger partial charge on any atom is 0.255 e. The lowest BCUT2D eigenvalue weighted by Gasteiger charge is -2.48. The van der Waals surface area contributed by atoms with E-state index in [2.05, 4.69) is 15.2 Å². The highest BCUT2D eigenvalue weighted by atomic mass is 35.5. The molecule has 8 nitrogen and oxygen atoms in total. The number of likely N-dealkylation sites (tertiary alicyclic amines) is 1. The molecule has 1 aromatic carbocycles. The van der Waals surface area contributed by atoms with Crippen molar-refractivity contribution >= 4 is 29.3 Å². The average molecular weight is 509 g/mol. The van der Waals surface area contributed by atoms with Crippen LogP contribution in [-0.4, -0.2) is 63.8 Å². The first-order valence-corrected chi connectivity index (χ1v) is 13.1. The summed E-state index contributed by atoms with van der Waals surface area (Å²) >= 11 is 6.36. The van der Waals surface area contributed by atoms with E-state index in [0.29, 0.717) is 30.5 Å². The van der Waals surface area contributed by atoms with E-state index in [1.54, 1.807) is 17.3 Å². The number of amides is 3. The maximum absolute atomic E-state index is 13.0. The van der Waals surface area contributed by atoms with E-state index in [-0.39, 0.29) is 24.3 Å². The molecule has 4 heterocycles. The van der Waals surface area contributed by atoms with E-state index >= 15 is 0 Å². The number of fused-ring (bicyclic) bond motifs is 1. The van der Waals surface area contributed by atoms with Crippen molar-refractivity contribution in [3.63, 3.8) is 0 Å². The number of pyridine rings is 1. The molecule has 36 heavy (non-hydrogen) atoms. The Morgan fingerprint density at radius 3 is 2.69 bits per heavy atom. The van der Waals surface area contributed by atoms with E-state index in [4.69, 9.17) is 16.3 Å². The Balaban J connectivity index is 1.12. The first-order chi connectivity index (χ1) is 17.5. The van der Waals surface area contributed by atoms with Gasteiger partial charge in [-0.1, -0.05) is 18.0 Å². The quantitative estimate of drug-likeness (QED) is 0.623. The lowest BCUT2D eigenvalue weighted by atomic mass is 9.84. The summed E-state index contributed by atoms with van der Waals surface area (Å²) in [4.78, 5) is 45.0. The van der Waals surface area contributed by atoms with Crippen molar-refractivity contribution in [2.75, 3.05) is 13.1 Å². The molecular weight excluding hydrogens is 480 g/mol. The Morgan fingerprint density at radius 2 is 1.89 bits per heavy atom. The second-order valence-corrected chi connectivity index (χ2v) is 10.7. The zero-order valence-corrected chi connectivity index (χ0v) is 20.7. The molecule has 2 saturated heterocycles. The molecule has 3 fully saturated rings. The van der Waals surface area contributed by atoms with E-state index in [9.17, 15) is 14.4 Å². The van der Waals surface area contributed by atoms with Crippen molar-refractivity contribution in [3.8, 4) is 5.75 Å². The number of hydrogen-bond acceptors (Lipinski definition) is 6. The number of nitrogens with one attached hydrogen (secondary N) is 1. The van der Waals surface area contributed by atoms with Crippen LogP contribution >= 0.6 is 11.6 Å². The first kappa shape index (κ1) is 23.4. The molecule has 4 aliphatic rings. The van der Waals surface area contributed by atoms with Gasteiger partial charge in [0.1, 0.15) is 17.9 Å². The van der Waals surface area contributed by atoms with Gasteiger partial charge >= 0.3 is 0 Å². The number of hydrogen-bond donors (Lipinski definition) is 1. The third-order valence-corrected chi connectivity index (χ3v) is 8.39. The minimum atomic E-state index is -0.608. The summed E-state index contributed by atoms with van der Waals surface area (Å²) in [5.41, 5.74) is 2.64. The van der Waals surface area contributed by atoms with E-state index < -0.39 is 11.9 Å². The summed E-state index contributed by atoms with van der Waals surface area (Å²) in [6.45, 7) is 2.29. The lowest BCUT2D eigenvalue weighted by molar-refractivity contribution is -0.136. The van der Waals surface area contributed by atoms with Crippen LogP contribution < -0.4 is 10.1 Å². The van der Waals surface area contributed by atoms with Gasteiger partial charge in [0.15, 0.2) is 0 Å². The molecule has 3 aliphatic heterocycles. The van der Waals surface area contributed by atoms with Crippen LogP contribution in [0.15, 0.2) is 36.7 Å². The Bertz CT molecular complexity index is 1210. The van der Waals surface area contributed by atoms with Gasteiger partial charge in [0.05, 0.1) is 5.02 Å². The van der Waals surface area contributed by atoms with Crippen molar-refractivity contribution in [3.05, 3.63) is 58.4 Å². The van der Waals surface area contributed by atoms with E-state index in [1.165, 1.54) is 12.0 Å².